The van der Waals surface area contributed by atoms with E-state index in [2.05, 4.69) is 22.9 Å². The monoisotopic (exact) mass is 374 g/mol. The van der Waals surface area contributed by atoms with Crippen molar-refractivity contribution >= 4 is 27.8 Å². The van der Waals surface area contributed by atoms with Gasteiger partial charge in [-0.1, -0.05) is 25.1 Å². The second-order valence-corrected chi connectivity index (χ2v) is 5.35. The normalized spacial score (nSPS) is 10.7. The van der Waals surface area contributed by atoms with Gasteiger partial charge in [0.1, 0.15) is 17.0 Å². The molecule has 0 aliphatic rings. The molecule has 2 rings (SSSR count). The number of ketones is 1. The van der Waals surface area contributed by atoms with Gasteiger partial charge in [0.05, 0.1) is 6.61 Å². The molecule has 0 amide bonds. The van der Waals surface area contributed by atoms with Gasteiger partial charge in [-0.2, -0.15) is 0 Å². The van der Waals surface area contributed by atoms with Gasteiger partial charge >= 0.3 is 0 Å². The lowest BCUT2D eigenvalue weighted by atomic mass is 10.1. The Balaban J connectivity index is 1.97. The quantitative estimate of drug-likeness (QED) is 0.366. The Labute approximate surface area is 145 Å². The molecular weight excluding hydrogens is 356 g/mol. The third kappa shape index (κ3) is 5.57. The van der Waals surface area contributed by atoms with E-state index in [4.69, 9.17) is 9.47 Å². The molecule has 4 heteroatoms. The number of rotatable bonds is 8. The van der Waals surface area contributed by atoms with Crippen molar-refractivity contribution in [2.24, 2.45) is 0 Å². The minimum atomic E-state index is -0.0401. The van der Waals surface area contributed by atoms with Gasteiger partial charge in [-0.05, 0) is 70.4 Å². The maximum atomic E-state index is 12.1. The zero-order valence-electron chi connectivity index (χ0n) is 13.0. The molecule has 0 radical (unpaired) electrons. The van der Waals surface area contributed by atoms with Crippen LogP contribution in [-0.4, -0.2) is 17.9 Å². The Morgan fingerprint density at radius 2 is 1.61 bits per heavy atom. The van der Waals surface area contributed by atoms with Crippen molar-refractivity contribution in [1.82, 2.24) is 0 Å². The second-order valence-electron chi connectivity index (χ2n) is 4.89. The Morgan fingerprint density at radius 3 is 2.22 bits per heavy atom. The van der Waals surface area contributed by atoms with Gasteiger partial charge in [-0.3, -0.25) is 4.79 Å². The summed E-state index contributed by atoms with van der Waals surface area (Å²) in [6, 6.07) is 14.8. The number of alkyl halides is 1. The Morgan fingerprint density at radius 1 is 1.00 bits per heavy atom. The lowest BCUT2D eigenvalue weighted by Gasteiger charge is -2.04. The summed E-state index contributed by atoms with van der Waals surface area (Å²) in [7, 11) is 0. The molecule has 0 aromatic heterocycles. The van der Waals surface area contributed by atoms with Crippen LogP contribution in [0.25, 0.3) is 6.08 Å². The molecule has 0 saturated heterocycles. The van der Waals surface area contributed by atoms with Gasteiger partial charge in [0.25, 0.3) is 0 Å². The van der Waals surface area contributed by atoms with Crippen LogP contribution in [0.3, 0.4) is 0 Å². The maximum absolute atomic E-state index is 12.1. The lowest BCUT2D eigenvalue weighted by molar-refractivity contribution is 0.104. The first-order chi connectivity index (χ1) is 11.2. The average molecular weight is 375 g/mol. The minimum Gasteiger partial charge on any atom is -0.494 e. The number of hydrogen-bond donors (Lipinski definition) is 0. The van der Waals surface area contributed by atoms with Gasteiger partial charge in [0.2, 0.25) is 0 Å². The number of ether oxygens (including phenoxy) is 2. The van der Waals surface area contributed by atoms with E-state index in [1.807, 2.05) is 24.3 Å². The smallest absolute Gasteiger partial charge is 0.185 e. The summed E-state index contributed by atoms with van der Waals surface area (Å²) >= 11 is 3.19. The molecule has 0 fully saturated rings. The average Bonchev–Trinajstić information content (AvgIpc) is 2.59. The highest BCUT2D eigenvalue weighted by atomic mass is 79.9. The van der Waals surface area contributed by atoms with Crippen molar-refractivity contribution in [2.45, 2.75) is 13.3 Å². The standard InChI is InChI=1S/C19H19BrO3/c1-2-13-22-17-8-3-15(4-9-17)5-12-19(21)16-6-10-18(11-7-16)23-14-20/h3-12H,2,13-14H2,1H3/b12-5+. The highest BCUT2D eigenvalue weighted by Gasteiger charge is 2.02. The molecule has 0 heterocycles. The largest absolute Gasteiger partial charge is 0.494 e. The number of halogens is 1. The Bertz CT molecular complexity index is 645. The molecule has 0 saturated carbocycles. The molecule has 120 valence electrons. The van der Waals surface area contributed by atoms with Crippen molar-refractivity contribution < 1.29 is 14.3 Å². The fourth-order valence-electron chi connectivity index (χ4n) is 1.94. The summed E-state index contributed by atoms with van der Waals surface area (Å²) in [6.07, 6.45) is 4.35. The summed E-state index contributed by atoms with van der Waals surface area (Å²) in [5, 5.41) is 0. The van der Waals surface area contributed by atoms with Crippen molar-refractivity contribution in [3.8, 4) is 11.5 Å². The molecule has 2 aromatic carbocycles. The summed E-state index contributed by atoms with van der Waals surface area (Å²) in [6.45, 7) is 2.78. The van der Waals surface area contributed by atoms with Crippen molar-refractivity contribution in [3.63, 3.8) is 0 Å². The molecule has 0 spiro atoms. The first-order valence-corrected chi connectivity index (χ1v) is 8.59. The summed E-state index contributed by atoms with van der Waals surface area (Å²) in [4.78, 5) is 12.1. The first-order valence-electron chi connectivity index (χ1n) is 7.47. The zero-order valence-corrected chi connectivity index (χ0v) is 14.6. The van der Waals surface area contributed by atoms with Crippen LogP contribution in [0, 0.1) is 0 Å². The Kier molecular flexibility index (Phi) is 6.88. The maximum Gasteiger partial charge on any atom is 0.185 e. The number of allylic oxidation sites excluding steroid dienone is 1. The molecule has 23 heavy (non-hydrogen) atoms. The van der Waals surface area contributed by atoms with Gasteiger partial charge in [-0.25, -0.2) is 0 Å². The van der Waals surface area contributed by atoms with E-state index < -0.39 is 0 Å². The molecule has 0 aliphatic heterocycles. The van der Waals surface area contributed by atoms with E-state index in [9.17, 15) is 4.79 Å². The molecule has 0 atom stereocenters. The van der Waals surface area contributed by atoms with Crippen LogP contribution in [0.5, 0.6) is 11.5 Å². The predicted octanol–water partition coefficient (Wildman–Crippen LogP) is 5.10. The van der Waals surface area contributed by atoms with Crippen molar-refractivity contribution in [2.75, 3.05) is 12.1 Å². The topological polar surface area (TPSA) is 35.5 Å². The van der Waals surface area contributed by atoms with E-state index in [0.717, 1.165) is 23.5 Å². The van der Waals surface area contributed by atoms with Gasteiger partial charge in [0, 0.05) is 5.56 Å². The molecule has 0 N–H and O–H groups in total. The highest BCUT2D eigenvalue weighted by Crippen LogP contribution is 2.16. The van der Waals surface area contributed by atoms with E-state index in [0.29, 0.717) is 17.7 Å². The summed E-state index contributed by atoms with van der Waals surface area (Å²) in [5.41, 5.74) is 2.02. The van der Waals surface area contributed by atoms with Crippen LogP contribution in [-0.2, 0) is 0 Å². The summed E-state index contributed by atoms with van der Waals surface area (Å²) in [5.74, 6) is 1.53. The van der Waals surface area contributed by atoms with E-state index in [1.54, 1.807) is 36.4 Å². The van der Waals surface area contributed by atoms with Gasteiger partial charge in [0.15, 0.2) is 5.78 Å². The highest BCUT2D eigenvalue weighted by molar-refractivity contribution is 9.09. The van der Waals surface area contributed by atoms with Crippen LogP contribution in [0.4, 0.5) is 0 Å². The number of benzene rings is 2. The predicted molar refractivity (Wildman–Crippen MR) is 96.5 cm³/mol. The third-order valence-corrected chi connectivity index (χ3v) is 3.37. The Hall–Kier alpha value is -2.07. The van der Waals surface area contributed by atoms with Crippen LogP contribution in [0.2, 0.25) is 0 Å². The summed E-state index contributed by atoms with van der Waals surface area (Å²) < 4.78 is 10.8. The number of carbonyl (C=O) groups is 1. The SMILES string of the molecule is CCCOc1ccc(/C=C/C(=O)c2ccc(OCBr)cc2)cc1. The van der Waals surface area contributed by atoms with Crippen molar-refractivity contribution in [1.29, 1.82) is 0 Å². The van der Waals surface area contributed by atoms with E-state index in [-0.39, 0.29) is 5.78 Å². The lowest BCUT2D eigenvalue weighted by Crippen LogP contribution is -1.95. The van der Waals surface area contributed by atoms with Crippen LogP contribution in [0.15, 0.2) is 54.6 Å². The van der Waals surface area contributed by atoms with E-state index >= 15 is 0 Å². The first kappa shape index (κ1) is 17.3. The molecule has 0 unspecified atom stereocenters. The fourth-order valence-corrected chi connectivity index (χ4v) is 2.21. The minimum absolute atomic E-state index is 0.0401. The molecule has 0 bridgehead atoms. The molecule has 0 aliphatic carbocycles. The third-order valence-electron chi connectivity index (χ3n) is 3.14. The van der Waals surface area contributed by atoms with Crippen LogP contribution >= 0.6 is 15.9 Å². The molecular formula is C19H19BrO3. The van der Waals surface area contributed by atoms with Gasteiger partial charge < -0.3 is 9.47 Å². The van der Waals surface area contributed by atoms with E-state index in [1.165, 1.54) is 0 Å². The fraction of sp³-hybridized carbons (Fsp3) is 0.211. The van der Waals surface area contributed by atoms with Crippen LogP contribution < -0.4 is 9.47 Å². The second kappa shape index (κ2) is 9.16. The number of carbonyl (C=O) groups excluding carboxylic acids is 1. The molecule has 2 aromatic rings. The van der Waals surface area contributed by atoms with Gasteiger partial charge in [-0.15, -0.1) is 0 Å². The molecule has 3 nitrogen and oxygen atoms in total. The van der Waals surface area contributed by atoms with Crippen molar-refractivity contribution in [3.05, 3.63) is 65.7 Å². The number of hydrogen-bond acceptors (Lipinski definition) is 3. The zero-order chi connectivity index (χ0) is 16.5. The van der Waals surface area contributed by atoms with Crippen LogP contribution in [0.1, 0.15) is 29.3 Å².